The second kappa shape index (κ2) is 10.0. The van der Waals surface area contributed by atoms with E-state index in [1.54, 1.807) is 17.0 Å². The summed E-state index contributed by atoms with van der Waals surface area (Å²) >= 11 is 5.98. The summed E-state index contributed by atoms with van der Waals surface area (Å²) in [5.41, 5.74) is 0.868. The molecule has 4 unspecified atom stereocenters. The van der Waals surface area contributed by atoms with Gasteiger partial charge < -0.3 is 14.4 Å². The third-order valence-electron chi connectivity index (χ3n) is 4.56. The van der Waals surface area contributed by atoms with Gasteiger partial charge in [-0.2, -0.15) is 0 Å². The average Bonchev–Trinajstić information content (AvgIpc) is 2.68. The summed E-state index contributed by atoms with van der Waals surface area (Å²) in [7, 11) is 0.0141. The van der Waals surface area contributed by atoms with E-state index < -0.39 is 22.9 Å². The molecular formula is C19H24ClNO5S. The highest BCUT2D eigenvalue weighted by Crippen LogP contribution is 2.32. The lowest BCUT2D eigenvalue weighted by atomic mass is 9.99. The predicted molar refractivity (Wildman–Crippen MR) is 105 cm³/mol. The lowest BCUT2D eigenvalue weighted by Crippen LogP contribution is -2.55. The number of nitrogens with zero attached hydrogens (tertiary/aromatic N) is 1. The Balaban J connectivity index is 2.35. The van der Waals surface area contributed by atoms with Crippen LogP contribution in [-0.4, -0.2) is 52.6 Å². The van der Waals surface area contributed by atoms with Crippen molar-refractivity contribution < 1.29 is 23.3 Å². The molecule has 1 saturated heterocycles. The molecule has 0 saturated carbocycles. The standard InChI is InChI=1S/C19H24ClNO5S/c1-4-15(12-27(24)5-2)21-16(13-6-8-14(20)9-7-13)11-26-17(19(21)23)10-18(22)25-3/h5-9,15-17H,2,4,10-12H2,1,3H3. The van der Waals surface area contributed by atoms with Gasteiger partial charge in [-0.05, 0) is 29.5 Å². The second-order valence-corrected chi connectivity index (χ2v) is 8.06. The number of benzene rings is 1. The van der Waals surface area contributed by atoms with Gasteiger partial charge in [-0.1, -0.05) is 37.2 Å². The molecule has 1 amide bonds. The largest absolute Gasteiger partial charge is 0.469 e. The van der Waals surface area contributed by atoms with Crippen LogP contribution in [0.1, 0.15) is 31.4 Å². The van der Waals surface area contributed by atoms with E-state index in [4.69, 9.17) is 16.3 Å². The minimum Gasteiger partial charge on any atom is -0.469 e. The number of methoxy groups -OCH3 is 1. The van der Waals surface area contributed by atoms with Gasteiger partial charge in [-0.15, -0.1) is 0 Å². The number of esters is 1. The first-order chi connectivity index (χ1) is 12.9. The number of carbonyl (C=O) groups is 2. The fourth-order valence-electron chi connectivity index (χ4n) is 3.09. The van der Waals surface area contributed by atoms with Crippen molar-refractivity contribution in [2.75, 3.05) is 19.5 Å². The van der Waals surface area contributed by atoms with Crippen molar-refractivity contribution in [3.05, 3.63) is 46.8 Å². The van der Waals surface area contributed by atoms with Crippen molar-refractivity contribution >= 4 is 34.3 Å². The Hall–Kier alpha value is -1.70. The zero-order valence-corrected chi connectivity index (χ0v) is 17.0. The molecule has 0 bridgehead atoms. The Kier molecular flexibility index (Phi) is 8.01. The second-order valence-electron chi connectivity index (χ2n) is 6.19. The normalized spacial score (nSPS) is 22.2. The molecule has 1 aliphatic rings. The van der Waals surface area contributed by atoms with Gasteiger partial charge in [0.1, 0.15) is 6.10 Å². The summed E-state index contributed by atoms with van der Waals surface area (Å²) in [6.45, 7) is 5.72. The topological polar surface area (TPSA) is 72.9 Å². The highest BCUT2D eigenvalue weighted by atomic mass is 35.5. The number of morpholine rings is 1. The quantitative estimate of drug-likeness (QED) is 0.613. The predicted octanol–water partition coefficient (Wildman–Crippen LogP) is 2.84. The molecule has 6 nitrogen and oxygen atoms in total. The van der Waals surface area contributed by atoms with E-state index in [9.17, 15) is 13.8 Å². The highest BCUT2D eigenvalue weighted by molar-refractivity contribution is 7.87. The van der Waals surface area contributed by atoms with Gasteiger partial charge in [0.05, 0.1) is 26.2 Å². The minimum absolute atomic E-state index is 0.153. The van der Waals surface area contributed by atoms with Crippen LogP contribution in [-0.2, 0) is 29.9 Å². The van der Waals surface area contributed by atoms with E-state index in [1.807, 2.05) is 19.1 Å². The van der Waals surface area contributed by atoms with Gasteiger partial charge >= 0.3 is 5.97 Å². The Labute approximate surface area is 166 Å². The number of ether oxygens (including phenoxy) is 2. The molecule has 148 valence electrons. The first-order valence-corrected chi connectivity index (χ1v) is 10.4. The molecule has 27 heavy (non-hydrogen) atoms. The smallest absolute Gasteiger partial charge is 0.308 e. The maximum atomic E-state index is 13.1. The van der Waals surface area contributed by atoms with Crippen molar-refractivity contribution in [3.63, 3.8) is 0 Å². The van der Waals surface area contributed by atoms with Crippen molar-refractivity contribution in [2.45, 2.75) is 38.0 Å². The van der Waals surface area contributed by atoms with E-state index >= 15 is 0 Å². The van der Waals surface area contributed by atoms with Crippen LogP contribution in [0.4, 0.5) is 0 Å². The monoisotopic (exact) mass is 413 g/mol. The molecule has 1 aromatic carbocycles. The molecule has 8 heteroatoms. The van der Waals surface area contributed by atoms with Gasteiger partial charge in [0.25, 0.3) is 5.91 Å². The average molecular weight is 414 g/mol. The molecule has 0 spiro atoms. The fraction of sp³-hybridized carbons (Fsp3) is 0.474. The van der Waals surface area contributed by atoms with Gasteiger partial charge in [-0.3, -0.25) is 13.8 Å². The zero-order chi connectivity index (χ0) is 20.0. The number of hydrogen-bond donors (Lipinski definition) is 0. The van der Waals surface area contributed by atoms with Crippen LogP contribution in [0.5, 0.6) is 0 Å². The Bertz CT molecular complexity index is 709. The third kappa shape index (κ3) is 5.40. The third-order valence-corrected chi connectivity index (χ3v) is 5.90. The Morgan fingerprint density at radius 1 is 1.48 bits per heavy atom. The molecule has 1 fully saturated rings. The van der Waals surface area contributed by atoms with Crippen molar-refractivity contribution in [2.24, 2.45) is 0 Å². The van der Waals surface area contributed by atoms with Gasteiger partial charge in [0, 0.05) is 27.6 Å². The summed E-state index contributed by atoms with van der Waals surface area (Å²) in [5.74, 6) is -0.540. The molecule has 0 aromatic heterocycles. The molecule has 0 aliphatic carbocycles. The van der Waals surface area contributed by atoms with E-state index in [1.165, 1.54) is 12.5 Å². The Morgan fingerprint density at radius 2 is 2.15 bits per heavy atom. The van der Waals surface area contributed by atoms with Crippen LogP contribution in [0, 0.1) is 0 Å². The summed E-state index contributed by atoms with van der Waals surface area (Å²) < 4.78 is 22.4. The minimum atomic E-state index is -1.26. The number of rotatable bonds is 8. The number of carbonyl (C=O) groups excluding carboxylic acids is 2. The molecule has 1 aromatic rings. The lowest BCUT2D eigenvalue weighted by Gasteiger charge is -2.43. The molecular weight excluding hydrogens is 390 g/mol. The van der Waals surface area contributed by atoms with Crippen LogP contribution < -0.4 is 0 Å². The van der Waals surface area contributed by atoms with Crippen LogP contribution in [0.15, 0.2) is 36.3 Å². The summed E-state index contributed by atoms with van der Waals surface area (Å²) in [4.78, 5) is 26.5. The SMILES string of the molecule is C=CS(=O)CC(CC)N1C(=O)C(CC(=O)OC)OCC1c1ccc(Cl)cc1. The molecule has 1 heterocycles. The van der Waals surface area contributed by atoms with E-state index in [0.717, 1.165) is 5.56 Å². The first kappa shape index (κ1) is 21.6. The van der Waals surface area contributed by atoms with Crippen molar-refractivity contribution in [1.82, 2.24) is 4.90 Å². The molecule has 2 rings (SSSR count). The summed E-state index contributed by atoms with van der Waals surface area (Å²) in [6, 6.07) is 6.56. The van der Waals surface area contributed by atoms with Crippen molar-refractivity contribution in [3.8, 4) is 0 Å². The maximum Gasteiger partial charge on any atom is 0.308 e. The van der Waals surface area contributed by atoms with E-state index in [-0.39, 0.29) is 36.8 Å². The highest BCUT2D eigenvalue weighted by Gasteiger charge is 2.41. The van der Waals surface area contributed by atoms with E-state index in [2.05, 4.69) is 11.3 Å². The molecule has 0 radical (unpaired) electrons. The van der Waals surface area contributed by atoms with Crippen LogP contribution >= 0.6 is 11.6 Å². The Morgan fingerprint density at radius 3 is 2.70 bits per heavy atom. The maximum absolute atomic E-state index is 13.1. The van der Waals surface area contributed by atoms with Crippen molar-refractivity contribution in [1.29, 1.82) is 0 Å². The first-order valence-electron chi connectivity index (χ1n) is 8.67. The van der Waals surface area contributed by atoms with Gasteiger partial charge in [0.15, 0.2) is 0 Å². The molecule has 0 N–H and O–H groups in total. The van der Waals surface area contributed by atoms with Gasteiger partial charge in [-0.25, -0.2) is 0 Å². The fourth-order valence-corrected chi connectivity index (χ4v) is 4.13. The van der Waals surface area contributed by atoms with Crippen LogP contribution in [0.25, 0.3) is 0 Å². The zero-order valence-electron chi connectivity index (χ0n) is 15.4. The lowest BCUT2D eigenvalue weighted by molar-refractivity contribution is -0.169. The molecule has 4 atom stereocenters. The van der Waals surface area contributed by atoms with E-state index in [0.29, 0.717) is 11.4 Å². The molecule has 1 aliphatic heterocycles. The number of halogens is 1. The number of hydrogen-bond acceptors (Lipinski definition) is 5. The van der Waals surface area contributed by atoms with Crippen LogP contribution in [0.3, 0.4) is 0 Å². The summed E-state index contributed by atoms with van der Waals surface area (Å²) in [5, 5.41) is 1.97. The van der Waals surface area contributed by atoms with Gasteiger partial charge in [0.2, 0.25) is 0 Å². The number of amides is 1. The summed E-state index contributed by atoms with van der Waals surface area (Å²) in [6.07, 6.45) is -0.451. The van der Waals surface area contributed by atoms with Crippen LogP contribution in [0.2, 0.25) is 5.02 Å².